The number of ether oxygens (including phenoxy) is 2. The summed E-state index contributed by atoms with van der Waals surface area (Å²) in [6, 6.07) is 9.28. The van der Waals surface area contributed by atoms with Gasteiger partial charge in [0.15, 0.2) is 0 Å². The summed E-state index contributed by atoms with van der Waals surface area (Å²) in [6.07, 6.45) is -2.38. The molecule has 1 saturated carbocycles. The fourth-order valence-electron chi connectivity index (χ4n) is 5.65. The van der Waals surface area contributed by atoms with Crippen LogP contribution in [-0.4, -0.2) is 34.6 Å². The van der Waals surface area contributed by atoms with Gasteiger partial charge in [0.05, 0.1) is 29.5 Å². The van der Waals surface area contributed by atoms with Crippen LogP contribution < -0.4 is 4.74 Å². The first-order chi connectivity index (χ1) is 18.3. The minimum absolute atomic E-state index is 0.0359. The van der Waals surface area contributed by atoms with Crippen molar-refractivity contribution in [3.63, 3.8) is 0 Å². The quantitative estimate of drug-likeness (QED) is 0.349. The van der Waals surface area contributed by atoms with Crippen molar-refractivity contribution < 1.29 is 42.0 Å². The average Bonchev–Trinajstić information content (AvgIpc) is 3.44. The van der Waals surface area contributed by atoms with E-state index in [-0.39, 0.29) is 72.7 Å². The van der Waals surface area contributed by atoms with Crippen molar-refractivity contribution in [1.29, 1.82) is 0 Å². The van der Waals surface area contributed by atoms with Crippen LogP contribution in [0.1, 0.15) is 61.3 Å². The maximum Gasteiger partial charge on any atom is 0.416 e. The van der Waals surface area contributed by atoms with E-state index < -0.39 is 29.1 Å². The molecule has 2 aromatic rings. The molecular formula is C30H30F4O5. The lowest BCUT2D eigenvalue weighted by atomic mass is 9.89. The molecule has 9 heteroatoms. The Labute approximate surface area is 223 Å². The SMILES string of the molecule is CC(C)(O)CCOC1=CC(C(F)(F)F)=C(c2ccc(F)c(COc3ccc4c(c3)C[C@H]3[C@H](C(=O)O)[C@@H]43)c2)CC1. The zero-order valence-corrected chi connectivity index (χ0v) is 21.6. The van der Waals surface area contributed by atoms with Crippen LogP contribution in [0.3, 0.4) is 0 Å². The molecule has 208 valence electrons. The van der Waals surface area contributed by atoms with Crippen LogP contribution in [0.5, 0.6) is 5.75 Å². The van der Waals surface area contributed by atoms with Gasteiger partial charge in [0, 0.05) is 24.3 Å². The van der Waals surface area contributed by atoms with E-state index >= 15 is 0 Å². The standard InChI is InChI=1S/C30H30F4O5/c1-29(2,37)9-10-38-20-4-6-21(24(14-20)30(32,33)34)16-3-8-25(31)18(11-16)15-39-19-5-7-22-17(12-19)13-23-26(22)27(23)28(35)36/h3,5,7-8,11-12,14,23,26-27,37H,4,6,9-10,13,15H2,1-2H3,(H,35,36)/t23-,26+,27+/m1/s1. The number of hydrogen-bond acceptors (Lipinski definition) is 4. The van der Waals surface area contributed by atoms with Crippen LogP contribution in [0.4, 0.5) is 17.6 Å². The van der Waals surface area contributed by atoms with E-state index in [1.807, 2.05) is 12.1 Å². The highest BCUT2D eigenvalue weighted by atomic mass is 19.4. The van der Waals surface area contributed by atoms with E-state index in [0.717, 1.165) is 23.3 Å². The maximum absolute atomic E-state index is 14.6. The van der Waals surface area contributed by atoms with Gasteiger partial charge in [-0.05, 0) is 85.2 Å². The Kier molecular flexibility index (Phi) is 6.99. The summed E-state index contributed by atoms with van der Waals surface area (Å²) in [5.41, 5.74) is 0.664. The van der Waals surface area contributed by atoms with Gasteiger partial charge in [0.25, 0.3) is 0 Å². The van der Waals surface area contributed by atoms with Crippen LogP contribution in [0.25, 0.3) is 5.57 Å². The summed E-state index contributed by atoms with van der Waals surface area (Å²) in [4.78, 5) is 11.3. The largest absolute Gasteiger partial charge is 0.498 e. The van der Waals surface area contributed by atoms with Gasteiger partial charge in [-0.3, -0.25) is 4.79 Å². The molecule has 0 radical (unpaired) electrons. The molecule has 2 N–H and O–H groups in total. The molecule has 1 fully saturated rings. The number of carboxylic acid groups (broad SMARTS) is 1. The highest BCUT2D eigenvalue weighted by molar-refractivity contribution is 5.78. The van der Waals surface area contributed by atoms with Crippen molar-refractivity contribution in [1.82, 2.24) is 0 Å². The lowest BCUT2D eigenvalue weighted by Gasteiger charge is -2.24. The third-order valence-corrected chi connectivity index (χ3v) is 7.73. The Morgan fingerprint density at radius 3 is 2.54 bits per heavy atom. The molecule has 0 saturated heterocycles. The zero-order valence-electron chi connectivity index (χ0n) is 21.6. The number of aliphatic carboxylic acids is 1. The summed E-state index contributed by atoms with van der Waals surface area (Å²) in [5, 5.41) is 19.1. The van der Waals surface area contributed by atoms with Crippen molar-refractivity contribution in [3.8, 4) is 5.75 Å². The topological polar surface area (TPSA) is 76.0 Å². The van der Waals surface area contributed by atoms with Gasteiger partial charge in [0.1, 0.15) is 18.2 Å². The second-order valence-electron chi connectivity index (χ2n) is 11.1. The number of alkyl halides is 3. The van der Waals surface area contributed by atoms with E-state index in [1.54, 1.807) is 19.9 Å². The number of allylic oxidation sites excluding steroid dienone is 4. The molecule has 3 aliphatic rings. The van der Waals surface area contributed by atoms with Crippen LogP contribution in [0.15, 0.2) is 53.8 Å². The normalized spacial score (nSPS) is 22.2. The van der Waals surface area contributed by atoms with E-state index in [0.29, 0.717) is 12.2 Å². The molecule has 3 atom stereocenters. The number of carboxylic acids is 1. The number of fused-ring (bicyclic) bond motifs is 3. The van der Waals surface area contributed by atoms with E-state index in [9.17, 15) is 32.6 Å². The first-order valence-electron chi connectivity index (χ1n) is 12.9. The van der Waals surface area contributed by atoms with Crippen LogP contribution in [0.2, 0.25) is 0 Å². The number of carbonyl (C=O) groups is 1. The number of aliphatic hydroxyl groups is 1. The summed E-state index contributed by atoms with van der Waals surface area (Å²) in [5.74, 6) is -0.856. The lowest BCUT2D eigenvalue weighted by molar-refractivity contribution is -0.139. The Bertz CT molecular complexity index is 1350. The fourth-order valence-corrected chi connectivity index (χ4v) is 5.65. The average molecular weight is 547 g/mol. The molecule has 2 aromatic carbocycles. The third kappa shape index (κ3) is 5.83. The molecule has 0 heterocycles. The zero-order chi connectivity index (χ0) is 28.1. The van der Waals surface area contributed by atoms with Gasteiger partial charge < -0.3 is 19.7 Å². The third-order valence-electron chi connectivity index (χ3n) is 7.73. The second-order valence-corrected chi connectivity index (χ2v) is 11.1. The van der Waals surface area contributed by atoms with Crippen molar-refractivity contribution in [2.45, 2.75) is 63.8 Å². The molecule has 0 amide bonds. The molecule has 0 spiro atoms. The van der Waals surface area contributed by atoms with E-state index in [4.69, 9.17) is 9.47 Å². The van der Waals surface area contributed by atoms with Crippen molar-refractivity contribution >= 4 is 11.5 Å². The van der Waals surface area contributed by atoms with E-state index in [2.05, 4.69) is 0 Å². The monoisotopic (exact) mass is 546 g/mol. The lowest BCUT2D eigenvalue weighted by Crippen LogP contribution is -2.21. The molecule has 3 aliphatic carbocycles. The number of halogens is 4. The molecule has 0 unspecified atom stereocenters. The molecule has 39 heavy (non-hydrogen) atoms. The second kappa shape index (κ2) is 10.0. The Morgan fingerprint density at radius 2 is 1.85 bits per heavy atom. The maximum atomic E-state index is 14.6. The first kappa shape index (κ1) is 27.2. The van der Waals surface area contributed by atoms with Gasteiger partial charge in [-0.2, -0.15) is 13.2 Å². The van der Waals surface area contributed by atoms with E-state index in [1.165, 1.54) is 12.1 Å². The summed E-state index contributed by atoms with van der Waals surface area (Å²) >= 11 is 0. The highest BCUT2D eigenvalue weighted by Crippen LogP contribution is 2.61. The van der Waals surface area contributed by atoms with Gasteiger partial charge in [-0.15, -0.1) is 0 Å². The van der Waals surface area contributed by atoms with Gasteiger partial charge in [-0.1, -0.05) is 12.1 Å². The van der Waals surface area contributed by atoms with Crippen molar-refractivity contribution in [2.75, 3.05) is 6.61 Å². The molecular weight excluding hydrogens is 516 g/mol. The molecule has 5 nitrogen and oxygen atoms in total. The van der Waals surface area contributed by atoms with Gasteiger partial charge in [-0.25, -0.2) is 4.39 Å². The minimum Gasteiger partial charge on any atom is -0.498 e. The summed E-state index contributed by atoms with van der Waals surface area (Å²) in [7, 11) is 0. The molecule has 0 bridgehead atoms. The van der Waals surface area contributed by atoms with Crippen molar-refractivity contribution in [3.05, 3.63) is 81.9 Å². The van der Waals surface area contributed by atoms with Crippen molar-refractivity contribution in [2.24, 2.45) is 11.8 Å². The highest BCUT2D eigenvalue weighted by Gasteiger charge is 2.59. The number of rotatable bonds is 9. The smallest absolute Gasteiger partial charge is 0.416 e. The first-order valence-corrected chi connectivity index (χ1v) is 12.9. The van der Waals surface area contributed by atoms with Crippen LogP contribution in [0, 0.1) is 17.7 Å². The Hall–Kier alpha value is -3.33. The summed E-state index contributed by atoms with van der Waals surface area (Å²) in [6.45, 7) is 3.13. The molecule has 0 aliphatic heterocycles. The number of benzene rings is 2. The predicted octanol–water partition coefficient (Wildman–Crippen LogP) is 6.55. The van der Waals surface area contributed by atoms with Crippen LogP contribution >= 0.6 is 0 Å². The van der Waals surface area contributed by atoms with Gasteiger partial charge in [0.2, 0.25) is 0 Å². The Balaban J connectivity index is 1.32. The number of hydrogen-bond donors (Lipinski definition) is 2. The van der Waals surface area contributed by atoms with Crippen LogP contribution in [-0.2, 0) is 22.6 Å². The summed E-state index contributed by atoms with van der Waals surface area (Å²) < 4.78 is 67.9. The Morgan fingerprint density at radius 1 is 1.08 bits per heavy atom. The molecule has 0 aromatic heterocycles. The minimum atomic E-state index is -4.63. The predicted molar refractivity (Wildman–Crippen MR) is 135 cm³/mol. The van der Waals surface area contributed by atoms with Gasteiger partial charge >= 0.3 is 12.1 Å². The molecule has 5 rings (SSSR count). The fraction of sp³-hybridized carbons (Fsp3) is 0.433.